The number of nitrogens with zero attached hydrogens (tertiary/aromatic N) is 3. The third kappa shape index (κ3) is 2.14. The van der Waals surface area contributed by atoms with E-state index < -0.39 is 0 Å². The van der Waals surface area contributed by atoms with Gasteiger partial charge in [0.25, 0.3) is 0 Å². The van der Waals surface area contributed by atoms with Crippen molar-refractivity contribution in [3.63, 3.8) is 0 Å². The molecule has 0 N–H and O–H groups in total. The van der Waals surface area contributed by atoms with Crippen molar-refractivity contribution in [3.05, 3.63) is 34.8 Å². The molecule has 0 spiro atoms. The molecule has 1 heterocycles. The summed E-state index contributed by atoms with van der Waals surface area (Å²) in [6.45, 7) is 0. The summed E-state index contributed by atoms with van der Waals surface area (Å²) in [5, 5.41) is 18.3. The Balaban J connectivity index is 2.41. The molecule has 2 rings (SSSR count). The van der Waals surface area contributed by atoms with E-state index in [4.69, 9.17) is 16.9 Å². The first-order valence-electron chi connectivity index (χ1n) is 4.22. The van der Waals surface area contributed by atoms with Gasteiger partial charge in [0.05, 0.1) is 17.5 Å². The first-order valence-corrected chi connectivity index (χ1v) is 5.57. The van der Waals surface area contributed by atoms with E-state index >= 15 is 0 Å². The van der Waals surface area contributed by atoms with Crippen molar-refractivity contribution < 1.29 is 0 Å². The Morgan fingerprint density at radius 1 is 1.40 bits per heavy atom. The van der Waals surface area contributed by atoms with Gasteiger partial charge in [-0.05, 0) is 12.1 Å². The van der Waals surface area contributed by atoms with E-state index in [2.05, 4.69) is 16.3 Å². The topological polar surface area (TPSA) is 49.6 Å². The van der Waals surface area contributed by atoms with Crippen molar-refractivity contribution in [3.8, 4) is 16.6 Å². The summed E-state index contributed by atoms with van der Waals surface area (Å²) < 4.78 is 0. The third-order valence-electron chi connectivity index (χ3n) is 1.82. The van der Waals surface area contributed by atoms with E-state index in [9.17, 15) is 0 Å². The summed E-state index contributed by atoms with van der Waals surface area (Å²) in [4.78, 5) is 0. The number of hydrogen-bond donors (Lipinski definition) is 0. The molecule has 3 nitrogen and oxygen atoms in total. The van der Waals surface area contributed by atoms with Gasteiger partial charge in [0, 0.05) is 5.56 Å². The zero-order chi connectivity index (χ0) is 10.7. The molecule has 0 unspecified atom stereocenters. The van der Waals surface area contributed by atoms with Gasteiger partial charge in [-0.3, -0.25) is 0 Å². The quantitative estimate of drug-likeness (QED) is 0.752. The lowest BCUT2D eigenvalue weighted by atomic mass is 10.1. The van der Waals surface area contributed by atoms with Gasteiger partial charge >= 0.3 is 0 Å². The summed E-state index contributed by atoms with van der Waals surface area (Å²) in [5.41, 5.74) is 1.53. The van der Waals surface area contributed by atoms with Crippen LogP contribution in [0.5, 0.6) is 0 Å². The second kappa shape index (κ2) is 4.39. The molecule has 0 saturated carbocycles. The maximum absolute atomic E-state index is 8.76. The van der Waals surface area contributed by atoms with Crippen molar-refractivity contribution in [1.29, 1.82) is 5.26 Å². The molecule has 5 heteroatoms. The van der Waals surface area contributed by atoms with E-state index in [0.717, 1.165) is 15.6 Å². The van der Waals surface area contributed by atoms with Gasteiger partial charge < -0.3 is 0 Å². The molecule has 1 aromatic heterocycles. The first-order chi connectivity index (χ1) is 7.33. The van der Waals surface area contributed by atoms with Crippen LogP contribution in [0.1, 0.15) is 10.6 Å². The average Bonchev–Trinajstić information content (AvgIpc) is 2.78. The average molecular weight is 236 g/mol. The molecule has 2 aromatic rings. The molecule has 1 aromatic carbocycles. The summed E-state index contributed by atoms with van der Waals surface area (Å²) in [6, 6.07) is 9.37. The monoisotopic (exact) mass is 235 g/mol. The largest absolute Gasteiger partial charge is 0.192 e. The van der Waals surface area contributed by atoms with E-state index in [1.807, 2.05) is 12.1 Å². The van der Waals surface area contributed by atoms with Crippen LogP contribution >= 0.6 is 22.9 Å². The fourth-order valence-electron chi connectivity index (χ4n) is 1.15. The molecular formula is C10H6ClN3S. The van der Waals surface area contributed by atoms with Crippen molar-refractivity contribution in [2.75, 3.05) is 0 Å². The highest BCUT2D eigenvalue weighted by Crippen LogP contribution is 2.24. The number of nitriles is 1. The second-order valence-electron chi connectivity index (χ2n) is 2.83. The zero-order valence-electron chi connectivity index (χ0n) is 7.64. The highest BCUT2D eigenvalue weighted by atomic mass is 35.5. The van der Waals surface area contributed by atoms with Crippen molar-refractivity contribution in [2.24, 2.45) is 0 Å². The van der Waals surface area contributed by atoms with Gasteiger partial charge in [0.1, 0.15) is 10.0 Å². The van der Waals surface area contributed by atoms with Crippen molar-refractivity contribution in [1.82, 2.24) is 10.2 Å². The molecule has 0 amide bonds. The molecule has 74 valence electrons. The molecule has 0 atom stereocenters. The predicted molar refractivity (Wildman–Crippen MR) is 59.6 cm³/mol. The minimum Gasteiger partial charge on any atom is -0.192 e. The first kappa shape index (κ1) is 10.1. The maximum atomic E-state index is 8.76. The number of alkyl halides is 1. The van der Waals surface area contributed by atoms with Crippen LogP contribution in [0.25, 0.3) is 10.6 Å². The normalized spacial score (nSPS) is 9.87. The van der Waals surface area contributed by atoms with Crippen LogP contribution in [0.2, 0.25) is 0 Å². The minimum absolute atomic E-state index is 0.371. The molecule has 0 aliphatic carbocycles. The lowest BCUT2D eigenvalue weighted by Gasteiger charge is -1.94. The van der Waals surface area contributed by atoms with E-state index in [1.54, 1.807) is 12.1 Å². The Hall–Kier alpha value is -1.44. The summed E-state index contributed by atoms with van der Waals surface area (Å²) in [6.07, 6.45) is 0. The van der Waals surface area contributed by atoms with Crippen LogP contribution in [0.15, 0.2) is 24.3 Å². The van der Waals surface area contributed by atoms with Gasteiger partial charge in [-0.15, -0.1) is 21.8 Å². The van der Waals surface area contributed by atoms with Crippen LogP contribution in [-0.2, 0) is 5.88 Å². The van der Waals surface area contributed by atoms with Gasteiger partial charge in [-0.2, -0.15) is 5.26 Å². The summed E-state index contributed by atoms with van der Waals surface area (Å²) in [5.74, 6) is 0.371. The Kier molecular flexibility index (Phi) is 2.95. The minimum atomic E-state index is 0.371. The van der Waals surface area contributed by atoms with Crippen molar-refractivity contribution in [2.45, 2.75) is 5.88 Å². The fourth-order valence-corrected chi connectivity index (χ4v) is 2.05. The highest BCUT2D eigenvalue weighted by molar-refractivity contribution is 7.14. The van der Waals surface area contributed by atoms with Crippen LogP contribution in [0.4, 0.5) is 0 Å². The molecule has 15 heavy (non-hydrogen) atoms. The standard InChI is InChI=1S/C10H6ClN3S/c11-5-9-13-14-10(15-9)8-3-1-2-7(4-8)6-12/h1-4H,5H2. The maximum Gasteiger partial charge on any atom is 0.147 e. The Morgan fingerprint density at radius 3 is 2.93 bits per heavy atom. The molecule has 0 aliphatic heterocycles. The van der Waals surface area contributed by atoms with E-state index in [1.165, 1.54) is 11.3 Å². The zero-order valence-corrected chi connectivity index (χ0v) is 9.22. The molecule has 0 fully saturated rings. The van der Waals surface area contributed by atoms with Gasteiger partial charge in [0.2, 0.25) is 0 Å². The van der Waals surface area contributed by atoms with Gasteiger partial charge in [-0.1, -0.05) is 23.5 Å². The Bertz CT molecular complexity index is 515. The van der Waals surface area contributed by atoms with Crippen LogP contribution < -0.4 is 0 Å². The molecule has 0 bridgehead atoms. The summed E-state index contributed by atoms with van der Waals surface area (Å²) >= 11 is 7.08. The lowest BCUT2D eigenvalue weighted by molar-refractivity contribution is 1.04. The smallest absolute Gasteiger partial charge is 0.147 e. The van der Waals surface area contributed by atoms with Gasteiger partial charge in [-0.25, -0.2) is 0 Å². The molecular weight excluding hydrogens is 230 g/mol. The highest BCUT2D eigenvalue weighted by Gasteiger charge is 2.05. The SMILES string of the molecule is N#Cc1cccc(-c2nnc(CCl)s2)c1. The second-order valence-corrected chi connectivity index (χ2v) is 4.16. The number of rotatable bonds is 2. The lowest BCUT2D eigenvalue weighted by Crippen LogP contribution is -1.79. The Morgan fingerprint density at radius 2 is 2.27 bits per heavy atom. The van der Waals surface area contributed by atoms with E-state index in [-0.39, 0.29) is 0 Å². The third-order valence-corrected chi connectivity index (χ3v) is 3.20. The molecule has 0 saturated heterocycles. The number of benzene rings is 1. The number of halogens is 1. The van der Waals surface area contributed by atoms with Crippen LogP contribution in [0, 0.1) is 11.3 Å². The number of aromatic nitrogens is 2. The Labute approximate surface area is 96.0 Å². The van der Waals surface area contributed by atoms with E-state index in [0.29, 0.717) is 11.4 Å². The predicted octanol–water partition coefficient (Wildman–Crippen LogP) is 2.82. The number of hydrogen-bond acceptors (Lipinski definition) is 4. The van der Waals surface area contributed by atoms with Crippen LogP contribution in [0.3, 0.4) is 0 Å². The van der Waals surface area contributed by atoms with Crippen molar-refractivity contribution >= 4 is 22.9 Å². The summed E-state index contributed by atoms with van der Waals surface area (Å²) in [7, 11) is 0. The van der Waals surface area contributed by atoms with Crippen LogP contribution in [-0.4, -0.2) is 10.2 Å². The molecule has 0 aliphatic rings. The van der Waals surface area contributed by atoms with Gasteiger partial charge in [0.15, 0.2) is 0 Å². The molecule has 0 radical (unpaired) electrons. The fraction of sp³-hybridized carbons (Fsp3) is 0.100.